The molecule has 1 aliphatic carbocycles. The van der Waals surface area contributed by atoms with Crippen molar-refractivity contribution in [3.63, 3.8) is 0 Å². The normalized spacial score (nSPS) is 24.6. The van der Waals surface area contributed by atoms with Gasteiger partial charge >= 0.3 is 0 Å². The minimum Gasteiger partial charge on any atom is -0.345 e. The number of hydrazone groups is 1. The van der Waals surface area contributed by atoms with E-state index in [9.17, 15) is 9.59 Å². The highest BCUT2D eigenvalue weighted by molar-refractivity contribution is 6.39. The minimum atomic E-state index is -0.157. The van der Waals surface area contributed by atoms with Gasteiger partial charge in [0.2, 0.25) is 5.91 Å². The number of rotatable bonds is 2. The molecule has 1 N–H and O–H groups in total. The van der Waals surface area contributed by atoms with Gasteiger partial charge in [-0.05, 0) is 12.8 Å². The smallest absolute Gasteiger partial charge is 0.267 e. The molecule has 0 radical (unpaired) electrons. The molecule has 1 heterocycles. The predicted octanol–water partition coefficient (Wildman–Crippen LogP) is 0.429. The quantitative estimate of drug-likeness (QED) is 0.687. The molecular weight excluding hydrogens is 206 g/mol. The second kappa shape index (κ2) is 4.47. The molecule has 0 saturated heterocycles. The third-order valence-corrected chi connectivity index (χ3v) is 2.80. The number of hydrogen-bond donors (Lipinski definition) is 1. The van der Waals surface area contributed by atoms with Crippen molar-refractivity contribution in [2.75, 3.05) is 7.05 Å². The first-order valence-corrected chi connectivity index (χ1v) is 5.48. The van der Waals surface area contributed by atoms with Crippen molar-refractivity contribution in [1.29, 1.82) is 0 Å². The molecule has 0 spiro atoms. The minimum absolute atomic E-state index is 0.0442. The van der Waals surface area contributed by atoms with Crippen molar-refractivity contribution in [3.05, 3.63) is 12.2 Å². The van der Waals surface area contributed by atoms with Gasteiger partial charge in [-0.1, -0.05) is 12.2 Å². The fourth-order valence-electron chi connectivity index (χ4n) is 1.84. The molecule has 0 bridgehead atoms. The highest BCUT2D eigenvalue weighted by Crippen LogP contribution is 2.11. The highest BCUT2D eigenvalue weighted by Gasteiger charge is 2.23. The number of allylic oxidation sites excluding steroid dienone is 1. The maximum atomic E-state index is 11.8. The molecule has 0 aromatic heterocycles. The first-order valence-electron chi connectivity index (χ1n) is 5.48. The van der Waals surface area contributed by atoms with Gasteiger partial charge in [0.05, 0.1) is 0 Å². The van der Waals surface area contributed by atoms with Gasteiger partial charge in [0.15, 0.2) is 0 Å². The van der Waals surface area contributed by atoms with Gasteiger partial charge in [-0.25, -0.2) is 5.01 Å². The number of nitrogens with one attached hydrogen (secondary N) is 1. The first kappa shape index (κ1) is 10.9. The first-order chi connectivity index (χ1) is 7.66. The zero-order valence-corrected chi connectivity index (χ0v) is 9.27. The Bertz CT molecular complexity index is 373. The lowest BCUT2D eigenvalue weighted by atomic mass is 10.1. The standard InChI is InChI=1S/C11H15N3O2/c1-14-10(15)7-6-9(13-14)11(16)12-8-4-2-3-5-8/h2,4,8H,3,5-7H2,1H3,(H,12,16). The van der Waals surface area contributed by atoms with Crippen LogP contribution < -0.4 is 5.32 Å². The van der Waals surface area contributed by atoms with Crippen molar-refractivity contribution in [1.82, 2.24) is 10.3 Å². The summed E-state index contributed by atoms with van der Waals surface area (Å²) < 4.78 is 0. The van der Waals surface area contributed by atoms with Crippen LogP contribution >= 0.6 is 0 Å². The molecule has 2 amide bonds. The van der Waals surface area contributed by atoms with Crippen LogP contribution in [0.5, 0.6) is 0 Å². The molecule has 5 heteroatoms. The molecule has 5 nitrogen and oxygen atoms in total. The van der Waals surface area contributed by atoms with Crippen LogP contribution in [0.3, 0.4) is 0 Å². The van der Waals surface area contributed by atoms with Crippen LogP contribution in [-0.2, 0) is 9.59 Å². The van der Waals surface area contributed by atoms with Gasteiger partial charge in [0, 0.05) is 25.9 Å². The van der Waals surface area contributed by atoms with Crippen molar-refractivity contribution >= 4 is 17.5 Å². The van der Waals surface area contributed by atoms with Gasteiger partial charge < -0.3 is 5.32 Å². The summed E-state index contributed by atoms with van der Waals surface area (Å²) in [4.78, 5) is 23.0. The molecule has 2 aliphatic rings. The van der Waals surface area contributed by atoms with Gasteiger partial charge in [0.1, 0.15) is 5.71 Å². The fraction of sp³-hybridized carbons (Fsp3) is 0.545. The van der Waals surface area contributed by atoms with E-state index < -0.39 is 0 Å². The van der Waals surface area contributed by atoms with E-state index in [4.69, 9.17) is 0 Å². The van der Waals surface area contributed by atoms with E-state index in [0.29, 0.717) is 18.6 Å². The van der Waals surface area contributed by atoms with E-state index in [0.717, 1.165) is 12.8 Å². The fourth-order valence-corrected chi connectivity index (χ4v) is 1.84. The number of nitrogens with zero attached hydrogens (tertiary/aromatic N) is 2. The maximum absolute atomic E-state index is 11.8. The van der Waals surface area contributed by atoms with E-state index in [2.05, 4.69) is 16.5 Å². The molecule has 86 valence electrons. The molecule has 1 atom stereocenters. The van der Waals surface area contributed by atoms with E-state index >= 15 is 0 Å². The Labute approximate surface area is 94.2 Å². The van der Waals surface area contributed by atoms with Crippen molar-refractivity contribution < 1.29 is 9.59 Å². The Morgan fingerprint density at radius 3 is 3.00 bits per heavy atom. The zero-order valence-electron chi connectivity index (χ0n) is 9.27. The van der Waals surface area contributed by atoms with Gasteiger partial charge in [-0.3, -0.25) is 9.59 Å². The molecule has 2 rings (SSSR count). The molecule has 16 heavy (non-hydrogen) atoms. The number of carbonyl (C=O) groups is 2. The zero-order chi connectivity index (χ0) is 11.5. The van der Waals surface area contributed by atoms with E-state index in [1.165, 1.54) is 5.01 Å². The second-order valence-corrected chi connectivity index (χ2v) is 4.05. The summed E-state index contributed by atoms with van der Waals surface area (Å²) in [6, 6.07) is 0.123. The lowest BCUT2D eigenvalue weighted by Gasteiger charge is -2.20. The lowest BCUT2D eigenvalue weighted by Crippen LogP contribution is -2.41. The number of hydrogen-bond acceptors (Lipinski definition) is 3. The predicted molar refractivity (Wildman–Crippen MR) is 59.7 cm³/mol. The van der Waals surface area contributed by atoms with Crippen LogP contribution in [0.2, 0.25) is 0 Å². The summed E-state index contributed by atoms with van der Waals surface area (Å²) in [7, 11) is 1.57. The summed E-state index contributed by atoms with van der Waals surface area (Å²) in [5.74, 6) is -0.201. The third-order valence-electron chi connectivity index (χ3n) is 2.80. The van der Waals surface area contributed by atoms with Gasteiger partial charge in [-0.15, -0.1) is 0 Å². The molecule has 0 aromatic carbocycles. The van der Waals surface area contributed by atoms with E-state index in [-0.39, 0.29) is 17.9 Å². The number of carbonyl (C=O) groups excluding carboxylic acids is 2. The van der Waals surface area contributed by atoms with E-state index in [1.807, 2.05) is 6.08 Å². The average molecular weight is 221 g/mol. The van der Waals surface area contributed by atoms with Gasteiger partial charge in [0.25, 0.3) is 5.91 Å². The molecule has 1 unspecified atom stereocenters. The molecule has 0 aromatic rings. The van der Waals surface area contributed by atoms with Crippen LogP contribution in [0.25, 0.3) is 0 Å². The Balaban J connectivity index is 1.96. The molecule has 0 fully saturated rings. The summed E-state index contributed by atoms with van der Waals surface area (Å²) in [6.45, 7) is 0. The van der Waals surface area contributed by atoms with Crippen LogP contribution in [0.1, 0.15) is 25.7 Å². The van der Waals surface area contributed by atoms with Crippen molar-refractivity contribution in [2.24, 2.45) is 5.10 Å². The Kier molecular flexibility index (Phi) is 3.03. The SMILES string of the molecule is CN1N=C(C(=O)NC2C=CCC2)CCC1=O. The van der Waals surface area contributed by atoms with Crippen LogP contribution in [0.15, 0.2) is 17.3 Å². The topological polar surface area (TPSA) is 61.8 Å². The summed E-state index contributed by atoms with van der Waals surface area (Å²) >= 11 is 0. The summed E-state index contributed by atoms with van der Waals surface area (Å²) in [6.07, 6.45) is 6.82. The Hall–Kier alpha value is -1.65. The molecule has 1 aliphatic heterocycles. The Morgan fingerprint density at radius 2 is 2.38 bits per heavy atom. The van der Waals surface area contributed by atoms with Crippen LogP contribution in [0.4, 0.5) is 0 Å². The largest absolute Gasteiger partial charge is 0.345 e. The summed E-state index contributed by atoms with van der Waals surface area (Å²) in [5.41, 5.74) is 0.447. The Morgan fingerprint density at radius 1 is 1.56 bits per heavy atom. The lowest BCUT2D eigenvalue weighted by molar-refractivity contribution is -0.130. The second-order valence-electron chi connectivity index (χ2n) is 4.05. The monoisotopic (exact) mass is 221 g/mol. The van der Waals surface area contributed by atoms with E-state index in [1.54, 1.807) is 7.05 Å². The van der Waals surface area contributed by atoms with Crippen molar-refractivity contribution in [2.45, 2.75) is 31.7 Å². The third kappa shape index (κ3) is 2.29. The maximum Gasteiger partial charge on any atom is 0.267 e. The van der Waals surface area contributed by atoms with Crippen molar-refractivity contribution in [3.8, 4) is 0 Å². The number of amides is 2. The molecular formula is C11H15N3O2. The highest BCUT2D eigenvalue weighted by atomic mass is 16.2. The molecule has 0 saturated carbocycles. The van der Waals surface area contributed by atoms with Crippen LogP contribution in [0, 0.1) is 0 Å². The van der Waals surface area contributed by atoms with Crippen LogP contribution in [-0.4, -0.2) is 35.6 Å². The summed E-state index contributed by atoms with van der Waals surface area (Å²) in [5, 5.41) is 8.10. The van der Waals surface area contributed by atoms with Gasteiger partial charge in [-0.2, -0.15) is 5.10 Å². The average Bonchev–Trinajstić information content (AvgIpc) is 2.74.